The Bertz CT molecular complexity index is 1630. The molecule has 230 valence electrons. The van der Waals surface area contributed by atoms with Gasteiger partial charge in [-0.05, 0) is 59.2 Å². The van der Waals surface area contributed by atoms with E-state index >= 15 is 0 Å². The Labute approximate surface area is 262 Å². The van der Waals surface area contributed by atoms with Gasteiger partial charge in [0.25, 0.3) is 0 Å². The lowest BCUT2D eigenvalue weighted by atomic mass is 9.87. The second kappa shape index (κ2) is 13.7. The Balaban J connectivity index is 1.37. The number of carbonyl (C=O) groups excluding carboxylic acids is 1. The standard InChI is InChI=1S/C35H39FN4O3S/c1-6-7-20-42-32(41)30-23(2)37-33-38-34(44-22-26-10-8-9-11-29(26)36)39-40(33)31(30)25-14-18-28(19-15-25)43-21-24-12-16-27(17-13-24)35(3,4)5/h8-19,31H,6-7,20-22H2,1-5H3,(H,37,38,39). The Hall–Kier alpha value is -4.11. The van der Waals surface area contributed by atoms with Gasteiger partial charge in [-0.15, -0.1) is 5.10 Å². The van der Waals surface area contributed by atoms with Crippen molar-refractivity contribution in [3.05, 3.63) is 112 Å². The van der Waals surface area contributed by atoms with E-state index in [1.54, 1.807) is 16.8 Å². The molecule has 1 aliphatic rings. The summed E-state index contributed by atoms with van der Waals surface area (Å²) in [6, 6.07) is 22.3. The monoisotopic (exact) mass is 614 g/mol. The minimum absolute atomic E-state index is 0.0984. The van der Waals surface area contributed by atoms with Crippen LogP contribution >= 0.6 is 11.8 Å². The van der Waals surface area contributed by atoms with Crippen molar-refractivity contribution in [2.75, 3.05) is 11.9 Å². The Kier molecular flexibility index (Phi) is 9.74. The molecule has 0 radical (unpaired) electrons. The molecule has 0 bridgehead atoms. The Morgan fingerprint density at radius 2 is 1.77 bits per heavy atom. The number of esters is 1. The van der Waals surface area contributed by atoms with E-state index in [4.69, 9.17) is 14.6 Å². The van der Waals surface area contributed by atoms with Gasteiger partial charge < -0.3 is 14.8 Å². The first-order valence-electron chi connectivity index (χ1n) is 14.9. The number of nitrogens with zero attached hydrogens (tertiary/aromatic N) is 3. The van der Waals surface area contributed by atoms with E-state index in [2.05, 4.69) is 62.3 Å². The Morgan fingerprint density at radius 3 is 2.45 bits per heavy atom. The number of aromatic nitrogens is 3. The number of fused-ring (bicyclic) bond motifs is 1. The minimum atomic E-state index is -0.560. The number of hydrogen-bond acceptors (Lipinski definition) is 7. The summed E-state index contributed by atoms with van der Waals surface area (Å²) < 4.78 is 27.7. The van der Waals surface area contributed by atoms with Crippen LogP contribution in [-0.4, -0.2) is 27.3 Å². The van der Waals surface area contributed by atoms with Crippen LogP contribution in [0.5, 0.6) is 5.75 Å². The Morgan fingerprint density at radius 1 is 1.05 bits per heavy atom. The van der Waals surface area contributed by atoms with E-state index in [0.717, 1.165) is 29.7 Å². The molecule has 1 aliphatic heterocycles. The predicted octanol–water partition coefficient (Wildman–Crippen LogP) is 8.22. The summed E-state index contributed by atoms with van der Waals surface area (Å²) in [5, 5.41) is 8.46. The number of anilines is 1. The summed E-state index contributed by atoms with van der Waals surface area (Å²) in [5.74, 6) is 0.945. The molecule has 1 aromatic heterocycles. The van der Waals surface area contributed by atoms with Gasteiger partial charge in [0, 0.05) is 11.4 Å². The van der Waals surface area contributed by atoms with Gasteiger partial charge in [0.2, 0.25) is 11.1 Å². The molecule has 1 atom stereocenters. The molecule has 2 heterocycles. The number of unbranched alkanes of at least 4 members (excludes halogenated alkanes) is 1. The first-order chi connectivity index (χ1) is 21.1. The molecular weight excluding hydrogens is 575 g/mol. The van der Waals surface area contributed by atoms with E-state index < -0.39 is 12.0 Å². The van der Waals surface area contributed by atoms with Crippen molar-refractivity contribution in [3.63, 3.8) is 0 Å². The van der Waals surface area contributed by atoms with E-state index in [9.17, 15) is 9.18 Å². The fourth-order valence-corrected chi connectivity index (χ4v) is 5.74. The molecule has 0 fully saturated rings. The van der Waals surface area contributed by atoms with Crippen LogP contribution < -0.4 is 10.1 Å². The quantitative estimate of drug-likeness (QED) is 0.104. The van der Waals surface area contributed by atoms with Crippen LogP contribution in [0.4, 0.5) is 10.3 Å². The molecule has 0 saturated heterocycles. The smallest absolute Gasteiger partial charge is 0.338 e. The fraction of sp³-hybridized carbons (Fsp3) is 0.343. The third kappa shape index (κ3) is 7.33. The average molecular weight is 615 g/mol. The summed E-state index contributed by atoms with van der Waals surface area (Å²) in [6.45, 7) is 11.3. The lowest BCUT2D eigenvalue weighted by Gasteiger charge is -2.28. The van der Waals surface area contributed by atoms with E-state index in [1.165, 1.54) is 23.4 Å². The number of thioether (sulfide) groups is 1. The molecule has 0 spiro atoms. The number of halogens is 1. The highest BCUT2D eigenvalue weighted by Crippen LogP contribution is 2.38. The van der Waals surface area contributed by atoms with Crippen LogP contribution in [0.3, 0.4) is 0 Å². The van der Waals surface area contributed by atoms with Gasteiger partial charge in [-0.2, -0.15) is 4.98 Å². The number of ether oxygens (including phenoxy) is 2. The first kappa shape index (κ1) is 31.3. The maximum atomic E-state index is 14.2. The summed E-state index contributed by atoms with van der Waals surface area (Å²) in [4.78, 5) is 18.1. The van der Waals surface area contributed by atoms with Crippen molar-refractivity contribution in [1.29, 1.82) is 0 Å². The molecule has 44 heavy (non-hydrogen) atoms. The molecule has 0 aliphatic carbocycles. The van der Waals surface area contributed by atoms with Crippen molar-refractivity contribution < 1.29 is 18.7 Å². The first-order valence-corrected chi connectivity index (χ1v) is 15.9. The van der Waals surface area contributed by atoms with Crippen LogP contribution in [0.25, 0.3) is 0 Å². The molecule has 1 unspecified atom stereocenters. The minimum Gasteiger partial charge on any atom is -0.489 e. The molecule has 1 N–H and O–H groups in total. The topological polar surface area (TPSA) is 78.3 Å². The van der Waals surface area contributed by atoms with Gasteiger partial charge in [-0.3, -0.25) is 0 Å². The van der Waals surface area contributed by atoms with Crippen LogP contribution in [0.2, 0.25) is 0 Å². The van der Waals surface area contributed by atoms with Crippen molar-refractivity contribution in [1.82, 2.24) is 14.8 Å². The summed E-state index contributed by atoms with van der Waals surface area (Å²) in [7, 11) is 0. The molecule has 5 rings (SSSR count). The van der Waals surface area contributed by atoms with Gasteiger partial charge in [0.05, 0.1) is 12.2 Å². The third-order valence-electron chi connectivity index (χ3n) is 7.52. The normalized spacial score (nSPS) is 14.6. The second-order valence-electron chi connectivity index (χ2n) is 11.9. The molecule has 3 aromatic carbocycles. The number of hydrogen-bond donors (Lipinski definition) is 1. The maximum absolute atomic E-state index is 14.2. The lowest BCUT2D eigenvalue weighted by molar-refractivity contribution is -0.139. The average Bonchev–Trinajstić information content (AvgIpc) is 3.41. The number of carbonyl (C=O) groups is 1. The fourth-order valence-electron chi connectivity index (χ4n) is 4.92. The van der Waals surface area contributed by atoms with Crippen LogP contribution in [0, 0.1) is 5.82 Å². The van der Waals surface area contributed by atoms with Crippen molar-refractivity contribution in [3.8, 4) is 5.75 Å². The van der Waals surface area contributed by atoms with Gasteiger partial charge in [0.15, 0.2) is 0 Å². The molecule has 7 nitrogen and oxygen atoms in total. The maximum Gasteiger partial charge on any atom is 0.338 e. The van der Waals surface area contributed by atoms with Crippen molar-refractivity contribution in [2.24, 2.45) is 0 Å². The highest BCUT2D eigenvalue weighted by molar-refractivity contribution is 7.98. The number of rotatable bonds is 11. The summed E-state index contributed by atoms with van der Waals surface area (Å²) >= 11 is 1.34. The highest BCUT2D eigenvalue weighted by Gasteiger charge is 2.35. The van der Waals surface area contributed by atoms with Crippen molar-refractivity contribution >= 4 is 23.7 Å². The third-order valence-corrected chi connectivity index (χ3v) is 8.41. The molecule has 9 heteroatoms. The van der Waals surface area contributed by atoms with Crippen LogP contribution in [-0.2, 0) is 27.3 Å². The zero-order valence-electron chi connectivity index (χ0n) is 25.9. The highest BCUT2D eigenvalue weighted by atomic mass is 32.2. The summed E-state index contributed by atoms with van der Waals surface area (Å²) in [6.07, 6.45) is 1.71. The van der Waals surface area contributed by atoms with Gasteiger partial charge in [-0.25, -0.2) is 13.9 Å². The number of benzene rings is 3. The van der Waals surface area contributed by atoms with Crippen LogP contribution in [0.15, 0.2) is 89.2 Å². The molecular formula is C35H39FN4O3S. The lowest BCUT2D eigenvalue weighted by Crippen LogP contribution is -2.29. The molecule has 0 amide bonds. The SMILES string of the molecule is CCCCOC(=O)C1=C(C)Nc2nc(SCc3ccccc3F)nn2C1c1ccc(OCc2ccc(C(C)(C)C)cc2)cc1. The van der Waals surface area contributed by atoms with E-state index in [1.807, 2.05) is 37.3 Å². The molecule has 4 aromatic rings. The van der Waals surface area contributed by atoms with E-state index in [-0.39, 0.29) is 11.2 Å². The van der Waals surface area contributed by atoms with Gasteiger partial charge in [0.1, 0.15) is 24.2 Å². The van der Waals surface area contributed by atoms with Gasteiger partial charge >= 0.3 is 5.97 Å². The van der Waals surface area contributed by atoms with E-state index in [0.29, 0.717) is 46.9 Å². The zero-order valence-corrected chi connectivity index (χ0v) is 26.7. The zero-order chi connectivity index (χ0) is 31.3. The van der Waals surface area contributed by atoms with Gasteiger partial charge in [-0.1, -0.05) is 100 Å². The van der Waals surface area contributed by atoms with Crippen molar-refractivity contribution in [2.45, 2.75) is 76.4 Å². The van der Waals surface area contributed by atoms with Crippen LogP contribution in [0.1, 0.15) is 75.8 Å². The largest absolute Gasteiger partial charge is 0.489 e. The molecule has 0 saturated carbocycles. The summed E-state index contributed by atoms with van der Waals surface area (Å²) in [5.41, 5.74) is 5.00. The number of nitrogens with one attached hydrogen (secondary N) is 1. The number of allylic oxidation sites excluding steroid dienone is 1. The second-order valence-corrected chi connectivity index (χ2v) is 12.8. The predicted molar refractivity (Wildman–Crippen MR) is 172 cm³/mol.